The van der Waals surface area contributed by atoms with Gasteiger partial charge >= 0.3 is 0 Å². The maximum Gasteiger partial charge on any atom is 0.262 e. The van der Waals surface area contributed by atoms with Crippen molar-refractivity contribution in [3.8, 4) is 51.7 Å². The number of phenols is 1. The monoisotopic (exact) mass is 722 g/mol. The summed E-state index contributed by atoms with van der Waals surface area (Å²) in [5.74, 6) is 2.21. The third-order valence-electron chi connectivity index (χ3n) is 6.67. The van der Waals surface area contributed by atoms with E-state index in [2.05, 4.69) is 9.44 Å². The molecule has 17 heteroatoms. The number of nitrogens with one attached hydrogen (secondary N) is 2. The van der Waals surface area contributed by atoms with Crippen LogP contribution in [0.15, 0.2) is 76.5 Å². The van der Waals surface area contributed by atoms with E-state index in [1.54, 1.807) is 24.3 Å². The Morgan fingerprint density at radius 2 is 0.816 bits per heavy atom. The van der Waals surface area contributed by atoms with Crippen LogP contribution < -0.4 is 47.3 Å². The first-order chi connectivity index (χ1) is 23.3. The lowest BCUT2D eigenvalue weighted by Crippen LogP contribution is -2.13. The van der Waals surface area contributed by atoms with Crippen molar-refractivity contribution >= 4 is 31.4 Å². The number of sulfonamides is 2. The number of phenolic OH excluding ortho intramolecular Hbond substituents is 1. The van der Waals surface area contributed by atoms with Crippen LogP contribution in [0, 0.1) is 0 Å². The zero-order valence-electron chi connectivity index (χ0n) is 28.0. The first-order valence-corrected chi connectivity index (χ1v) is 16.9. The summed E-state index contributed by atoms with van der Waals surface area (Å²) in [4.78, 5) is -0.0925. The lowest BCUT2D eigenvalue weighted by Gasteiger charge is -2.15. The van der Waals surface area contributed by atoms with E-state index in [4.69, 9.17) is 37.9 Å². The molecule has 0 spiro atoms. The molecule has 0 atom stereocenters. The molecule has 4 aromatic rings. The first-order valence-electron chi connectivity index (χ1n) is 14.0. The van der Waals surface area contributed by atoms with Crippen LogP contribution in [0.2, 0.25) is 0 Å². The molecular formula is C32H38N2O13S2. The van der Waals surface area contributed by atoms with Gasteiger partial charge in [0.1, 0.15) is 5.75 Å². The fourth-order valence-electron chi connectivity index (χ4n) is 4.27. The first kappa shape index (κ1) is 38.0. The Kier molecular flexibility index (Phi) is 12.9. The maximum absolute atomic E-state index is 12.6. The molecule has 4 rings (SSSR count). The zero-order valence-corrected chi connectivity index (χ0v) is 29.6. The number of hydrogen-bond donors (Lipinski definition) is 3. The number of ether oxygens (including phenoxy) is 8. The van der Waals surface area contributed by atoms with Gasteiger partial charge in [-0.2, -0.15) is 0 Å². The summed E-state index contributed by atoms with van der Waals surface area (Å²) in [5.41, 5.74) is 0.580. The lowest BCUT2D eigenvalue weighted by atomic mass is 10.3. The van der Waals surface area contributed by atoms with Crippen molar-refractivity contribution in [3.63, 3.8) is 0 Å². The molecule has 0 aliphatic heterocycles. The van der Waals surface area contributed by atoms with Gasteiger partial charge in [-0.1, -0.05) is 0 Å². The average molecular weight is 723 g/mol. The van der Waals surface area contributed by atoms with Crippen LogP contribution in [-0.2, 0) is 20.0 Å². The number of benzene rings is 4. The molecule has 0 saturated heterocycles. The van der Waals surface area contributed by atoms with Gasteiger partial charge in [0.2, 0.25) is 11.5 Å². The second kappa shape index (κ2) is 16.6. The van der Waals surface area contributed by atoms with E-state index in [9.17, 15) is 21.9 Å². The number of aromatic hydroxyl groups is 1. The minimum Gasteiger partial charge on any atom is -0.504 e. The minimum absolute atomic E-state index is 0.00665. The Bertz CT molecular complexity index is 1900. The molecule has 0 aliphatic rings. The second-order valence-corrected chi connectivity index (χ2v) is 12.9. The van der Waals surface area contributed by atoms with Crippen LogP contribution in [-0.4, -0.2) is 78.8 Å². The van der Waals surface area contributed by atoms with Crippen molar-refractivity contribution in [2.45, 2.75) is 9.79 Å². The molecule has 0 aromatic heterocycles. The molecule has 0 heterocycles. The molecule has 0 bridgehead atoms. The van der Waals surface area contributed by atoms with Crippen LogP contribution in [0.4, 0.5) is 11.4 Å². The minimum atomic E-state index is -3.96. The standard InChI is InChI=1S/C16H19NO7S.C16H19NO6S/c1-21-13-6-5-10(7-12(13)18)17-25(19,20)11-8-14(22-2)16(24-4)15(9-11)23-3;1-20-12-7-5-11(6-8-12)17-24(18,19)13-9-14(21-2)16(23-4)15(10-13)22-3/h5-9,17-18H,1-4H3;5-10,17H,1-4H3. The molecule has 0 radical (unpaired) electrons. The number of methoxy groups -OCH3 is 8. The van der Waals surface area contributed by atoms with Gasteiger partial charge in [0.15, 0.2) is 34.5 Å². The van der Waals surface area contributed by atoms with E-state index >= 15 is 0 Å². The Hall–Kier alpha value is -5.42. The molecule has 4 aromatic carbocycles. The van der Waals surface area contributed by atoms with E-state index in [0.29, 0.717) is 17.2 Å². The SMILES string of the molecule is COc1ccc(NS(=O)(=O)c2cc(OC)c(OC)c(OC)c2)cc1.COc1ccc(NS(=O)(=O)c2cc(OC)c(OC)c(OC)c2)cc1O. The molecule has 0 unspecified atom stereocenters. The van der Waals surface area contributed by atoms with E-state index in [1.807, 2.05) is 0 Å². The highest BCUT2D eigenvalue weighted by molar-refractivity contribution is 7.93. The highest BCUT2D eigenvalue weighted by atomic mass is 32.2. The van der Waals surface area contributed by atoms with Crippen LogP contribution >= 0.6 is 0 Å². The molecule has 0 fully saturated rings. The Balaban J connectivity index is 0.000000266. The summed E-state index contributed by atoms with van der Waals surface area (Å²) in [6, 6.07) is 16.0. The van der Waals surface area contributed by atoms with Crippen LogP contribution in [0.3, 0.4) is 0 Å². The van der Waals surface area contributed by atoms with Crippen molar-refractivity contribution in [1.29, 1.82) is 0 Å². The number of hydrogen-bond acceptors (Lipinski definition) is 13. The van der Waals surface area contributed by atoms with Crippen molar-refractivity contribution < 1.29 is 59.8 Å². The van der Waals surface area contributed by atoms with Gasteiger partial charge < -0.3 is 43.0 Å². The van der Waals surface area contributed by atoms with Gasteiger partial charge in [-0.3, -0.25) is 9.44 Å². The average Bonchev–Trinajstić information content (AvgIpc) is 3.10. The molecule has 266 valence electrons. The molecular weight excluding hydrogens is 684 g/mol. The van der Waals surface area contributed by atoms with Crippen LogP contribution in [0.1, 0.15) is 0 Å². The molecule has 0 saturated carbocycles. The summed E-state index contributed by atoms with van der Waals surface area (Å²) in [5, 5.41) is 9.78. The van der Waals surface area contributed by atoms with Crippen molar-refractivity contribution in [2.75, 3.05) is 66.3 Å². The molecule has 15 nitrogen and oxygen atoms in total. The molecule has 49 heavy (non-hydrogen) atoms. The van der Waals surface area contributed by atoms with E-state index in [-0.39, 0.29) is 55.7 Å². The maximum atomic E-state index is 12.6. The smallest absolute Gasteiger partial charge is 0.262 e. The second-order valence-electron chi connectivity index (χ2n) is 9.55. The fourth-order valence-corrected chi connectivity index (χ4v) is 6.43. The van der Waals surface area contributed by atoms with Crippen molar-refractivity contribution in [1.82, 2.24) is 0 Å². The predicted octanol–water partition coefficient (Wildman–Crippen LogP) is 4.75. The molecule has 0 amide bonds. The van der Waals surface area contributed by atoms with Gasteiger partial charge in [-0.05, 0) is 36.4 Å². The number of rotatable bonds is 14. The third kappa shape index (κ3) is 9.14. The van der Waals surface area contributed by atoms with Gasteiger partial charge in [0.05, 0.1) is 72.4 Å². The third-order valence-corrected chi connectivity index (χ3v) is 9.39. The molecule has 0 aliphatic carbocycles. The number of anilines is 2. The zero-order chi connectivity index (χ0) is 36.4. The predicted molar refractivity (Wildman–Crippen MR) is 181 cm³/mol. The van der Waals surface area contributed by atoms with E-state index < -0.39 is 20.0 Å². The summed E-state index contributed by atoms with van der Waals surface area (Å²) in [7, 11) is 3.65. The topological polar surface area (TPSA) is 186 Å². The Morgan fingerprint density at radius 3 is 1.14 bits per heavy atom. The Labute approximate surface area is 285 Å². The fraction of sp³-hybridized carbons (Fsp3) is 0.250. The highest BCUT2D eigenvalue weighted by Gasteiger charge is 2.23. The molecule has 3 N–H and O–H groups in total. The Morgan fingerprint density at radius 1 is 0.449 bits per heavy atom. The largest absolute Gasteiger partial charge is 0.504 e. The van der Waals surface area contributed by atoms with Crippen molar-refractivity contribution in [2.24, 2.45) is 0 Å². The highest BCUT2D eigenvalue weighted by Crippen LogP contribution is 2.41. The summed E-state index contributed by atoms with van der Waals surface area (Å²) in [6.45, 7) is 0. The van der Waals surface area contributed by atoms with Gasteiger partial charge in [0, 0.05) is 36.0 Å². The lowest BCUT2D eigenvalue weighted by molar-refractivity contribution is 0.323. The quantitative estimate of drug-likeness (QED) is 0.162. The van der Waals surface area contributed by atoms with Gasteiger partial charge in [-0.15, -0.1) is 0 Å². The normalized spacial score (nSPS) is 10.9. The summed E-state index contributed by atoms with van der Waals surface area (Å²) < 4.78 is 96.3. The van der Waals surface area contributed by atoms with Gasteiger partial charge in [0.25, 0.3) is 20.0 Å². The summed E-state index contributed by atoms with van der Waals surface area (Å²) in [6.07, 6.45) is 0. The van der Waals surface area contributed by atoms with Crippen LogP contribution in [0.25, 0.3) is 0 Å². The van der Waals surface area contributed by atoms with Crippen LogP contribution in [0.5, 0.6) is 51.7 Å². The van der Waals surface area contributed by atoms with Gasteiger partial charge in [-0.25, -0.2) is 16.8 Å². The van der Waals surface area contributed by atoms with E-state index in [1.165, 1.54) is 99.3 Å². The van der Waals surface area contributed by atoms with E-state index in [0.717, 1.165) is 0 Å². The summed E-state index contributed by atoms with van der Waals surface area (Å²) >= 11 is 0. The van der Waals surface area contributed by atoms with Crippen molar-refractivity contribution in [3.05, 3.63) is 66.7 Å².